The fourth-order valence-electron chi connectivity index (χ4n) is 5.66. The third kappa shape index (κ3) is 7.60. The topological polar surface area (TPSA) is 109 Å². The molecular formula is C34H39Br2N5O5. The van der Waals surface area contributed by atoms with Crippen molar-refractivity contribution in [2.24, 2.45) is 0 Å². The number of carbonyl (C=O) groups excluding carboxylic acids is 3. The number of hydrogen-bond donors (Lipinski definition) is 0. The lowest BCUT2D eigenvalue weighted by Crippen LogP contribution is -2.35. The Morgan fingerprint density at radius 2 is 1.26 bits per heavy atom. The molecular weight excluding hydrogens is 718 g/mol. The van der Waals surface area contributed by atoms with Gasteiger partial charge in [-0.2, -0.15) is 10.2 Å². The minimum atomic E-state index is -0.451. The number of fused-ring (bicyclic) bond motifs is 2. The van der Waals surface area contributed by atoms with Crippen LogP contribution in [0.4, 0.5) is 0 Å². The van der Waals surface area contributed by atoms with Gasteiger partial charge in [-0.3, -0.25) is 4.79 Å². The molecule has 0 radical (unpaired) electrons. The molecule has 2 aromatic carbocycles. The van der Waals surface area contributed by atoms with Crippen LogP contribution in [0.25, 0.3) is 11.4 Å². The van der Waals surface area contributed by atoms with Crippen LogP contribution in [0.2, 0.25) is 0 Å². The van der Waals surface area contributed by atoms with E-state index in [1.54, 1.807) is 16.5 Å². The first-order valence-electron chi connectivity index (χ1n) is 15.0. The van der Waals surface area contributed by atoms with Gasteiger partial charge in [0.25, 0.3) is 0 Å². The molecule has 0 saturated carbocycles. The monoisotopic (exact) mass is 755 g/mol. The second-order valence-corrected chi connectivity index (χ2v) is 12.5. The highest BCUT2D eigenvalue weighted by Gasteiger charge is 2.30. The fourth-order valence-corrected chi connectivity index (χ4v) is 6.43. The zero-order valence-electron chi connectivity index (χ0n) is 25.5. The van der Waals surface area contributed by atoms with Gasteiger partial charge in [0, 0.05) is 52.2 Å². The Hall–Kier alpha value is -3.77. The summed E-state index contributed by atoms with van der Waals surface area (Å²) in [7, 11) is 0. The van der Waals surface area contributed by atoms with Gasteiger partial charge < -0.3 is 14.4 Å². The summed E-state index contributed by atoms with van der Waals surface area (Å²) in [5, 5.41) is 9.04. The summed E-state index contributed by atoms with van der Waals surface area (Å²) in [6, 6.07) is 15.7. The second kappa shape index (κ2) is 15.7. The first-order chi connectivity index (χ1) is 21.7. The normalized spacial score (nSPS) is 13.4. The number of halogens is 2. The first-order valence-corrected chi connectivity index (χ1v) is 16.6. The third-order valence-electron chi connectivity index (χ3n) is 7.73. The lowest BCUT2D eigenvalue weighted by atomic mass is 9.95. The number of ether oxygens (including phenoxy) is 2. The largest absolute Gasteiger partial charge is 0.461 e. The zero-order valence-corrected chi connectivity index (χ0v) is 28.7. The van der Waals surface area contributed by atoms with Gasteiger partial charge in [-0.05, 0) is 75.9 Å². The quantitative estimate of drug-likeness (QED) is 0.194. The van der Waals surface area contributed by atoms with Crippen LogP contribution in [0.3, 0.4) is 0 Å². The lowest BCUT2D eigenvalue weighted by Gasteiger charge is -2.26. The zero-order chi connectivity index (χ0) is 32.1. The van der Waals surface area contributed by atoms with Gasteiger partial charge in [-0.1, -0.05) is 51.4 Å². The highest BCUT2D eigenvalue weighted by Crippen LogP contribution is 2.29. The minimum Gasteiger partial charge on any atom is -0.461 e. The summed E-state index contributed by atoms with van der Waals surface area (Å²) in [6.07, 6.45) is 4.73. The predicted octanol–water partition coefficient (Wildman–Crippen LogP) is 7.04. The summed E-state index contributed by atoms with van der Waals surface area (Å²) in [4.78, 5) is 37.8. The number of carbonyl (C=O) groups is 3. The van der Waals surface area contributed by atoms with Crippen molar-refractivity contribution < 1.29 is 23.9 Å². The molecule has 0 fully saturated rings. The summed E-state index contributed by atoms with van der Waals surface area (Å²) < 4.78 is 15.9. The van der Waals surface area contributed by atoms with Crippen molar-refractivity contribution in [3.8, 4) is 11.4 Å². The van der Waals surface area contributed by atoms with Crippen LogP contribution in [-0.4, -0.2) is 62.1 Å². The van der Waals surface area contributed by atoms with E-state index in [1.165, 1.54) is 6.92 Å². The molecule has 0 atom stereocenters. The molecule has 1 aliphatic heterocycles. The third-order valence-corrected chi connectivity index (χ3v) is 8.71. The molecule has 46 heavy (non-hydrogen) atoms. The van der Waals surface area contributed by atoms with Crippen LogP contribution < -0.4 is 0 Å². The van der Waals surface area contributed by atoms with Gasteiger partial charge in [0.2, 0.25) is 5.91 Å². The smallest absolute Gasteiger partial charge is 0.359 e. The second-order valence-electron chi connectivity index (χ2n) is 10.7. The summed E-state index contributed by atoms with van der Waals surface area (Å²) in [6.45, 7) is 6.77. The van der Waals surface area contributed by atoms with Crippen LogP contribution in [0.1, 0.15) is 84.5 Å². The molecule has 4 aromatic rings. The van der Waals surface area contributed by atoms with Gasteiger partial charge >= 0.3 is 11.9 Å². The van der Waals surface area contributed by atoms with Crippen LogP contribution >= 0.6 is 31.9 Å². The average molecular weight is 758 g/mol. The van der Waals surface area contributed by atoms with Crippen molar-refractivity contribution in [2.75, 3.05) is 19.8 Å². The maximum Gasteiger partial charge on any atom is 0.359 e. The average Bonchev–Trinajstić information content (AvgIpc) is 3.61. The van der Waals surface area contributed by atoms with Gasteiger partial charge in [0.15, 0.2) is 11.4 Å². The number of benzene rings is 2. The van der Waals surface area contributed by atoms with Crippen molar-refractivity contribution in [2.45, 2.75) is 66.8 Å². The van der Waals surface area contributed by atoms with Gasteiger partial charge in [0.05, 0.1) is 30.3 Å². The SMILES string of the molecule is C.CCOC(=O)c1nn(-c2cccc(Br)c2)c2c1CCCC2.CCOC(=O)c1nn(-c2cccc(Br)c2)c2c1CN(C(C)=O)CC2. The summed E-state index contributed by atoms with van der Waals surface area (Å²) in [5.41, 5.74) is 6.53. The highest BCUT2D eigenvalue weighted by molar-refractivity contribution is 9.10. The Morgan fingerprint density at radius 3 is 1.76 bits per heavy atom. The van der Waals surface area contributed by atoms with Crippen molar-refractivity contribution in [1.29, 1.82) is 0 Å². The molecule has 0 spiro atoms. The molecule has 0 bridgehead atoms. The lowest BCUT2D eigenvalue weighted by molar-refractivity contribution is -0.129. The molecule has 2 aliphatic rings. The van der Waals surface area contributed by atoms with E-state index in [0.717, 1.165) is 68.5 Å². The van der Waals surface area contributed by atoms with Gasteiger partial charge in [-0.25, -0.2) is 19.0 Å². The van der Waals surface area contributed by atoms with E-state index in [-0.39, 0.29) is 31.6 Å². The highest BCUT2D eigenvalue weighted by atomic mass is 79.9. The standard InChI is InChI=1S/C17H18BrN3O3.C16H17BrN2O2.CH4/c1-3-24-17(23)16-14-10-20(11(2)22)8-7-15(14)21(19-16)13-6-4-5-12(18)9-13;1-2-21-16(20)15-13-8-3-4-9-14(13)19(18-15)12-7-5-6-11(17)10-12;/h4-6,9H,3,7-8,10H2,1-2H3;5-7,10H,2-4,8-9H2,1H3;1H4. The molecule has 0 N–H and O–H groups in total. The molecule has 1 aliphatic carbocycles. The molecule has 12 heteroatoms. The maximum atomic E-state index is 12.3. The van der Waals surface area contributed by atoms with Crippen LogP contribution in [-0.2, 0) is 40.1 Å². The van der Waals surface area contributed by atoms with E-state index in [1.807, 2.05) is 60.1 Å². The first kappa shape index (κ1) is 35.1. The molecule has 3 heterocycles. The Labute approximate surface area is 286 Å². The van der Waals surface area contributed by atoms with Gasteiger partial charge in [0.1, 0.15) is 0 Å². The maximum absolute atomic E-state index is 12.3. The van der Waals surface area contributed by atoms with Crippen LogP contribution in [0.15, 0.2) is 57.5 Å². The fraction of sp³-hybridized carbons (Fsp3) is 0.382. The van der Waals surface area contributed by atoms with E-state index in [2.05, 4.69) is 42.1 Å². The van der Waals surface area contributed by atoms with Crippen molar-refractivity contribution in [3.05, 3.63) is 91.4 Å². The number of hydrogen-bond acceptors (Lipinski definition) is 7. The van der Waals surface area contributed by atoms with Crippen molar-refractivity contribution in [3.63, 3.8) is 0 Å². The number of amides is 1. The molecule has 6 rings (SSSR count). The molecule has 2 aromatic heterocycles. The Morgan fingerprint density at radius 1 is 0.761 bits per heavy atom. The summed E-state index contributed by atoms with van der Waals surface area (Å²) >= 11 is 6.94. The number of aromatic nitrogens is 4. The number of nitrogens with zero attached hydrogens (tertiary/aromatic N) is 5. The molecule has 0 saturated heterocycles. The van der Waals surface area contributed by atoms with Crippen molar-refractivity contribution >= 4 is 49.7 Å². The van der Waals surface area contributed by atoms with E-state index < -0.39 is 5.97 Å². The van der Waals surface area contributed by atoms with Gasteiger partial charge in [-0.15, -0.1) is 0 Å². The predicted molar refractivity (Wildman–Crippen MR) is 183 cm³/mol. The summed E-state index contributed by atoms with van der Waals surface area (Å²) in [5.74, 6) is -0.775. The molecule has 244 valence electrons. The number of rotatable bonds is 6. The van der Waals surface area contributed by atoms with Crippen molar-refractivity contribution in [1.82, 2.24) is 24.5 Å². The van der Waals surface area contributed by atoms with Crippen LogP contribution in [0, 0.1) is 0 Å². The Balaban J connectivity index is 0.000000206. The minimum absolute atomic E-state index is 0. The van der Waals surface area contributed by atoms with E-state index in [0.29, 0.717) is 31.8 Å². The Kier molecular flexibility index (Phi) is 12.0. The Bertz CT molecular complexity index is 1730. The molecule has 10 nitrogen and oxygen atoms in total. The molecule has 1 amide bonds. The van der Waals surface area contributed by atoms with E-state index >= 15 is 0 Å². The van der Waals surface area contributed by atoms with E-state index in [9.17, 15) is 14.4 Å². The number of esters is 2. The van der Waals surface area contributed by atoms with Crippen LogP contribution in [0.5, 0.6) is 0 Å². The van der Waals surface area contributed by atoms with E-state index in [4.69, 9.17) is 9.47 Å². The molecule has 0 unspecified atom stereocenters.